The summed E-state index contributed by atoms with van der Waals surface area (Å²) in [6.45, 7) is 4.03. The van der Waals surface area contributed by atoms with E-state index in [1.807, 2.05) is 63.4 Å². The number of benzene rings is 2. The Balaban J connectivity index is 1.41. The van der Waals surface area contributed by atoms with E-state index in [1.165, 1.54) is 6.08 Å². The van der Waals surface area contributed by atoms with Crippen molar-refractivity contribution in [1.29, 1.82) is 0 Å². The normalized spacial score (nSPS) is 11.5. The van der Waals surface area contributed by atoms with Gasteiger partial charge in [-0.3, -0.25) is 9.48 Å². The summed E-state index contributed by atoms with van der Waals surface area (Å²) < 4.78 is 14.4. The van der Waals surface area contributed by atoms with Crippen molar-refractivity contribution in [3.05, 3.63) is 87.6 Å². The molecule has 4 rings (SSSR count). The van der Waals surface area contributed by atoms with Crippen LogP contribution in [0.5, 0.6) is 5.75 Å². The molecule has 0 N–H and O–H groups in total. The fourth-order valence-corrected chi connectivity index (χ4v) is 3.75. The Kier molecular flexibility index (Phi) is 5.59. The Morgan fingerprint density at radius 3 is 2.67 bits per heavy atom. The lowest BCUT2D eigenvalue weighted by Gasteiger charge is -2.06. The van der Waals surface area contributed by atoms with Crippen molar-refractivity contribution in [3.63, 3.8) is 0 Å². The van der Waals surface area contributed by atoms with Crippen LogP contribution in [0.25, 0.3) is 16.8 Å². The number of rotatable bonds is 6. The van der Waals surface area contributed by atoms with Crippen LogP contribution in [0.4, 0.5) is 0 Å². The molecule has 0 amide bonds. The maximum Gasteiger partial charge on any atom is 0.189 e. The highest BCUT2D eigenvalue weighted by molar-refractivity contribution is 9.10. The molecule has 152 valence electrons. The van der Waals surface area contributed by atoms with E-state index in [4.69, 9.17) is 9.15 Å². The van der Waals surface area contributed by atoms with E-state index in [0.717, 1.165) is 32.4 Å². The molecule has 4 aromatic rings. The molecule has 0 fully saturated rings. The van der Waals surface area contributed by atoms with Crippen LogP contribution in [0, 0.1) is 13.8 Å². The summed E-state index contributed by atoms with van der Waals surface area (Å²) in [4.78, 5) is 12.5. The van der Waals surface area contributed by atoms with E-state index < -0.39 is 0 Å². The van der Waals surface area contributed by atoms with Crippen molar-refractivity contribution in [1.82, 2.24) is 9.78 Å². The number of halogens is 1. The van der Waals surface area contributed by atoms with Crippen molar-refractivity contribution in [3.8, 4) is 5.75 Å². The van der Waals surface area contributed by atoms with Gasteiger partial charge in [-0.1, -0.05) is 28.1 Å². The highest BCUT2D eigenvalue weighted by atomic mass is 79.9. The molecule has 2 aromatic carbocycles. The van der Waals surface area contributed by atoms with Gasteiger partial charge in [-0.25, -0.2) is 0 Å². The summed E-state index contributed by atoms with van der Waals surface area (Å²) in [7, 11) is 1.83. The number of carbonyl (C=O) groups is 1. The Morgan fingerprint density at radius 2 is 1.90 bits per heavy atom. The smallest absolute Gasteiger partial charge is 0.189 e. The number of hydrogen-bond donors (Lipinski definition) is 0. The largest absolute Gasteiger partial charge is 0.486 e. The zero-order valence-corrected chi connectivity index (χ0v) is 18.6. The molecular formula is C24H21BrN2O3. The second kappa shape index (κ2) is 8.32. The Morgan fingerprint density at radius 1 is 1.13 bits per heavy atom. The fourth-order valence-electron chi connectivity index (χ4n) is 3.37. The average molecular weight is 465 g/mol. The predicted molar refractivity (Wildman–Crippen MR) is 121 cm³/mol. The van der Waals surface area contributed by atoms with Crippen molar-refractivity contribution in [2.45, 2.75) is 20.5 Å². The van der Waals surface area contributed by atoms with Crippen LogP contribution in [-0.2, 0) is 13.7 Å². The van der Waals surface area contributed by atoms with Crippen molar-refractivity contribution in [2.24, 2.45) is 7.05 Å². The first-order valence-electron chi connectivity index (χ1n) is 9.54. The Hall–Kier alpha value is -3.12. The lowest BCUT2D eigenvalue weighted by molar-refractivity contribution is 0.104. The van der Waals surface area contributed by atoms with Crippen LogP contribution >= 0.6 is 15.9 Å². The fraction of sp³-hybridized carbons (Fsp3) is 0.167. The predicted octanol–water partition coefficient (Wildman–Crippen LogP) is 6.02. The first-order chi connectivity index (χ1) is 14.4. The quantitative estimate of drug-likeness (QED) is 0.258. The molecular weight excluding hydrogens is 444 g/mol. The highest BCUT2D eigenvalue weighted by Gasteiger charge is 2.15. The van der Waals surface area contributed by atoms with Gasteiger partial charge in [-0.2, -0.15) is 5.10 Å². The molecule has 5 nitrogen and oxygen atoms in total. The number of aromatic nitrogens is 2. The standard InChI is InChI=1S/C24H21BrN2O3/c1-15-24(16(2)27(3)26-15)23(28)11-10-20-8-9-22(30-20)14-29-21-7-5-17-12-19(25)6-4-18(17)13-21/h4-13H,14H2,1-3H3/b11-10+. The van der Waals surface area contributed by atoms with Crippen molar-refractivity contribution >= 4 is 38.6 Å². The molecule has 0 aliphatic heterocycles. The number of ketones is 1. The SMILES string of the molecule is Cc1nn(C)c(C)c1C(=O)/C=C/c1ccc(COc2ccc3cc(Br)ccc3c2)o1. The summed E-state index contributed by atoms with van der Waals surface area (Å²) >= 11 is 3.48. The third-order valence-corrected chi connectivity index (χ3v) is 5.48. The number of allylic oxidation sites excluding steroid dienone is 1. The summed E-state index contributed by atoms with van der Waals surface area (Å²) in [6.07, 6.45) is 3.19. The molecule has 0 aliphatic rings. The third kappa shape index (κ3) is 4.24. The van der Waals surface area contributed by atoms with Crippen LogP contribution in [-0.4, -0.2) is 15.6 Å². The minimum atomic E-state index is -0.0879. The van der Waals surface area contributed by atoms with E-state index in [9.17, 15) is 4.79 Å². The monoisotopic (exact) mass is 464 g/mol. The molecule has 0 bridgehead atoms. The van der Waals surface area contributed by atoms with Gasteiger partial charge >= 0.3 is 0 Å². The first-order valence-corrected chi connectivity index (χ1v) is 10.3. The van der Waals surface area contributed by atoms with Crippen molar-refractivity contribution in [2.75, 3.05) is 0 Å². The number of nitrogens with zero attached hydrogens (tertiary/aromatic N) is 2. The maximum absolute atomic E-state index is 12.5. The first kappa shape index (κ1) is 20.2. The lowest BCUT2D eigenvalue weighted by atomic mass is 10.1. The summed E-state index contributed by atoms with van der Waals surface area (Å²) in [5.41, 5.74) is 2.20. The van der Waals surface area contributed by atoms with Gasteiger partial charge in [0.25, 0.3) is 0 Å². The van der Waals surface area contributed by atoms with Crippen LogP contribution in [0.2, 0.25) is 0 Å². The molecule has 2 heterocycles. The molecule has 0 saturated heterocycles. The number of ether oxygens (including phenoxy) is 1. The maximum atomic E-state index is 12.5. The summed E-state index contributed by atoms with van der Waals surface area (Å²) in [6, 6.07) is 15.8. The van der Waals surface area contributed by atoms with Crippen molar-refractivity contribution < 1.29 is 13.9 Å². The highest BCUT2D eigenvalue weighted by Crippen LogP contribution is 2.25. The van der Waals surface area contributed by atoms with Crippen LogP contribution in [0.1, 0.15) is 33.3 Å². The number of furan rings is 1. The zero-order valence-electron chi connectivity index (χ0n) is 17.0. The Bertz CT molecular complexity index is 1270. The molecule has 2 aromatic heterocycles. The van der Waals surface area contributed by atoms with E-state index in [0.29, 0.717) is 23.7 Å². The van der Waals surface area contributed by atoms with Gasteiger partial charge in [0.15, 0.2) is 5.78 Å². The van der Waals surface area contributed by atoms with Gasteiger partial charge in [-0.05, 0) is 73.2 Å². The van der Waals surface area contributed by atoms with Crippen LogP contribution < -0.4 is 4.74 Å². The average Bonchev–Trinajstić information content (AvgIpc) is 3.28. The van der Waals surface area contributed by atoms with Gasteiger partial charge in [0.05, 0.1) is 11.3 Å². The summed E-state index contributed by atoms with van der Waals surface area (Å²) in [5.74, 6) is 1.97. The van der Waals surface area contributed by atoms with E-state index in [2.05, 4.69) is 27.1 Å². The summed E-state index contributed by atoms with van der Waals surface area (Å²) in [5, 5.41) is 6.54. The number of aryl methyl sites for hydroxylation is 2. The second-order valence-electron chi connectivity index (χ2n) is 7.11. The van der Waals surface area contributed by atoms with E-state index in [-0.39, 0.29) is 5.78 Å². The molecule has 0 saturated carbocycles. The van der Waals surface area contributed by atoms with Gasteiger partial charge < -0.3 is 9.15 Å². The van der Waals surface area contributed by atoms with Gasteiger partial charge in [0.2, 0.25) is 0 Å². The topological polar surface area (TPSA) is 57.3 Å². The van der Waals surface area contributed by atoms with Crippen LogP contribution in [0.3, 0.4) is 0 Å². The van der Waals surface area contributed by atoms with Crippen LogP contribution in [0.15, 0.2) is 63.5 Å². The third-order valence-electron chi connectivity index (χ3n) is 4.99. The molecule has 30 heavy (non-hydrogen) atoms. The van der Waals surface area contributed by atoms with Gasteiger partial charge in [0.1, 0.15) is 23.9 Å². The Labute approximate surface area is 183 Å². The number of hydrogen-bond acceptors (Lipinski definition) is 4. The molecule has 0 unspecified atom stereocenters. The van der Waals surface area contributed by atoms with Gasteiger partial charge in [-0.15, -0.1) is 0 Å². The van der Waals surface area contributed by atoms with E-state index in [1.54, 1.807) is 10.8 Å². The minimum absolute atomic E-state index is 0.0879. The number of fused-ring (bicyclic) bond motifs is 1. The molecule has 0 aliphatic carbocycles. The number of carbonyl (C=O) groups excluding carboxylic acids is 1. The second-order valence-corrected chi connectivity index (χ2v) is 8.03. The molecule has 0 atom stereocenters. The molecule has 6 heteroatoms. The molecule has 0 radical (unpaired) electrons. The van der Waals surface area contributed by atoms with Gasteiger partial charge in [0, 0.05) is 17.2 Å². The zero-order chi connectivity index (χ0) is 21.3. The van der Waals surface area contributed by atoms with E-state index >= 15 is 0 Å². The molecule has 0 spiro atoms. The minimum Gasteiger partial charge on any atom is -0.486 e. The lowest BCUT2D eigenvalue weighted by Crippen LogP contribution is -1.99.